The summed E-state index contributed by atoms with van der Waals surface area (Å²) in [7, 11) is 0. The molecule has 50 heavy (non-hydrogen) atoms. The molecule has 0 saturated carbocycles. The number of rotatable bonds is 3. The van der Waals surface area contributed by atoms with Gasteiger partial charge in [-0.3, -0.25) is 0 Å². The van der Waals surface area contributed by atoms with Crippen molar-refractivity contribution in [1.29, 1.82) is 0 Å². The third-order valence-electron chi connectivity index (χ3n) is 10.5. The molecule has 11 aromatic rings. The van der Waals surface area contributed by atoms with Gasteiger partial charge >= 0.3 is 0 Å². The fourth-order valence-corrected chi connectivity index (χ4v) is 8.32. The molecule has 0 radical (unpaired) electrons. The van der Waals surface area contributed by atoms with Crippen LogP contribution >= 0.6 is 0 Å². The molecule has 2 heterocycles. The molecule has 0 aliphatic rings. The number of para-hydroxylation sites is 2. The Morgan fingerprint density at radius 3 is 1.52 bits per heavy atom. The minimum atomic E-state index is 0.864. The smallest absolute Gasteiger partial charge is 0.143 e. The minimum absolute atomic E-state index is 0.864. The van der Waals surface area contributed by atoms with Crippen molar-refractivity contribution in [3.63, 3.8) is 0 Å². The van der Waals surface area contributed by atoms with Crippen molar-refractivity contribution in [2.75, 3.05) is 0 Å². The normalized spacial score (nSPS) is 12.0. The summed E-state index contributed by atoms with van der Waals surface area (Å²) in [5.41, 5.74) is 10.7. The first-order valence-electron chi connectivity index (χ1n) is 17.1. The lowest BCUT2D eigenvalue weighted by molar-refractivity contribution is 0.663. The summed E-state index contributed by atoms with van der Waals surface area (Å²) in [4.78, 5) is 0. The van der Waals surface area contributed by atoms with E-state index in [0.29, 0.717) is 0 Å². The first-order valence-corrected chi connectivity index (χ1v) is 17.1. The number of furan rings is 2. The molecule has 0 bridgehead atoms. The molecule has 232 valence electrons. The first-order chi connectivity index (χ1) is 24.8. The fourth-order valence-electron chi connectivity index (χ4n) is 8.32. The molecule has 9 aromatic carbocycles. The Morgan fingerprint density at radius 1 is 0.280 bits per heavy atom. The zero-order chi connectivity index (χ0) is 32.8. The van der Waals surface area contributed by atoms with Crippen LogP contribution in [0.25, 0.3) is 110 Å². The number of hydrogen-bond acceptors (Lipinski definition) is 2. The van der Waals surface area contributed by atoms with Crippen LogP contribution in [0.2, 0.25) is 0 Å². The van der Waals surface area contributed by atoms with E-state index in [4.69, 9.17) is 8.83 Å². The lowest BCUT2D eigenvalue weighted by Crippen LogP contribution is -1.91. The predicted octanol–water partition coefficient (Wildman–Crippen LogP) is 13.9. The van der Waals surface area contributed by atoms with Crippen molar-refractivity contribution >= 4 is 76.2 Å². The molecule has 0 aliphatic carbocycles. The highest BCUT2D eigenvalue weighted by Crippen LogP contribution is 2.48. The van der Waals surface area contributed by atoms with Crippen molar-refractivity contribution < 1.29 is 8.83 Å². The molecular weight excluding hydrogens is 609 g/mol. The lowest BCUT2D eigenvalue weighted by Gasteiger charge is -2.18. The largest absolute Gasteiger partial charge is 0.456 e. The van der Waals surface area contributed by atoms with Crippen molar-refractivity contribution in [3.8, 4) is 33.4 Å². The van der Waals surface area contributed by atoms with Gasteiger partial charge in [0.15, 0.2) is 0 Å². The summed E-state index contributed by atoms with van der Waals surface area (Å²) in [6.07, 6.45) is 0. The maximum absolute atomic E-state index is 6.82. The molecule has 11 rings (SSSR count). The van der Waals surface area contributed by atoms with E-state index < -0.39 is 0 Å². The van der Waals surface area contributed by atoms with E-state index >= 15 is 0 Å². The van der Waals surface area contributed by atoms with Crippen LogP contribution in [0.4, 0.5) is 0 Å². The summed E-state index contributed by atoms with van der Waals surface area (Å²) in [5, 5.41) is 11.8. The van der Waals surface area contributed by atoms with Gasteiger partial charge < -0.3 is 8.83 Å². The topological polar surface area (TPSA) is 26.3 Å². The van der Waals surface area contributed by atoms with Gasteiger partial charge in [0.1, 0.15) is 22.3 Å². The molecule has 0 aliphatic heterocycles. The van der Waals surface area contributed by atoms with Gasteiger partial charge in [0.25, 0.3) is 0 Å². The standard InChI is InChI=1S/C48H28O2/c1-2-13-32-29(11-1)12-9-19-33(32)30-23-25-31(26-24-30)44-34-14-3-5-16-36(34)45(37-17-6-4-15-35(37)44)39-20-10-21-40-47-43(50-48(39)40)28-27-42-46(47)38-18-7-8-22-41(38)49-42/h1-28H. The molecular formula is C48H28O2. The quantitative estimate of drug-likeness (QED) is 0.180. The average Bonchev–Trinajstić information content (AvgIpc) is 3.75. The van der Waals surface area contributed by atoms with Crippen LogP contribution in [0, 0.1) is 0 Å². The zero-order valence-corrected chi connectivity index (χ0v) is 27.0. The highest BCUT2D eigenvalue weighted by atomic mass is 16.3. The van der Waals surface area contributed by atoms with Gasteiger partial charge in [0, 0.05) is 32.7 Å². The summed E-state index contributed by atoms with van der Waals surface area (Å²) in [6.45, 7) is 0. The highest BCUT2D eigenvalue weighted by molar-refractivity contribution is 6.29. The molecule has 2 aromatic heterocycles. The predicted molar refractivity (Wildman–Crippen MR) is 210 cm³/mol. The second-order valence-electron chi connectivity index (χ2n) is 13.1. The summed E-state index contributed by atoms with van der Waals surface area (Å²) >= 11 is 0. The SMILES string of the molecule is c1ccc2c(-c3ccc(-c4c5ccccc5c(-c5cccc6c5oc5ccc7oc8ccccc8c7c56)c5ccccc45)cc3)cccc2c1. The molecule has 2 heteroatoms. The Kier molecular flexibility index (Phi) is 5.70. The van der Waals surface area contributed by atoms with Crippen LogP contribution in [0.5, 0.6) is 0 Å². The molecule has 0 N–H and O–H groups in total. The zero-order valence-electron chi connectivity index (χ0n) is 27.0. The molecule has 2 nitrogen and oxygen atoms in total. The lowest BCUT2D eigenvalue weighted by atomic mass is 9.85. The number of fused-ring (bicyclic) bond motifs is 10. The first kappa shape index (κ1) is 27.3. The third kappa shape index (κ3) is 3.85. The Balaban J connectivity index is 1.17. The van der Waals surface area contributed by atoms with E-state index in [1.54, 1.807) is 0 Å². The minimum Gasteiger partial charge on any atom is -0.456 e. The monoisotopic (exact) mass is 636 g/mol. The van der Waals surface area contributed by atoms with Gasteiger partial charge in [-0.15, -0.1) is 0 Å². The van der Waals surface area contributed by atoms with Gasteiger partial charge in [-0.2, -0.15) is 0 Å². The second-order valence-corrected chi connectivity index (χ2v) is 13.1. The summed E-state index contributed by atoms with van der Waals surface area (Å²) in [5.74, 6) is 0. The van der Waals surface area contributed by atoms with E-state index in [2.05, 4.69) is 146 Å². The van der Waals surface area contributed by atoms with E-state index in [9.17, 15) is 0 Å². The summed E-state index contributed by atoms with van der Waals surface area (Å²) in [6, 6.07) is 60.8. The van der Waals surface area contributed by atoms with E-state index in [1.165, 1.54) is 60.1 Å². The Hall–Kier alpha value is -6.64. The van der Waals surface area contributed by atoms with Crippen LogP contribution < -0.4 is 0 Å². The Bertz CT molecular complexity index is 3080. The van der Waals surface area contributed by atoms with Crippen LogP contribution in [0.15, 0.2) is 179 Å². The van der Waals surface area contributed by atoms with E-state index in [0.717, 1.165) is 49.4 Å². The fraction of sp³-hybridized carbons (Fsp3) is 0. The van der Waals surface area contributed by atoms with Crippen molar-refractivity contribution in [1.82, 2.24) is 0 Å². The van der Waals surface area contributed by atoms with Crippen molar-refractivity contribution in [2.24, 2.45) is 0 Å². The van der Waals surface area contributed by atoms with E-state index in [-0.39, 0.29) is 0 Å². The van der Waals surface area contributed by atoms with Gasteiger partial charge in [0.05, 0.1) is 0 Å². The second kappa shape index (κ2) is 10.4. The van der Waals surface area contributed by atoms with Gasteiger partial charge in [0.2, 0.25) is 0 Å². The molecule has 0 unspecified atom stereocenters. The van der Waals surface area contributed by atoms with Crippen molar-refractivity contribution in [3.05, 3.63) is 170 Å². The molecule has 0 amide bonds. The molecule has 0 atom stereocenters. The average molecular weight is 637 g/mol. The van der Waals surface area contributed by atoms with Gasteiger partial charge in [-0.1, -0.05) is 152 Å². The number of benzene rings is 9. The van der Waals surface area contributed by atoms with Crippen LogP contribution in [-0.4, -0.2) is 0 Å². The number of hydrogen-bond donors (Lipinski definition) is 0. The Labute approximate surface area is 287 Å². The van der Waals surface area contributed by atoms with Gasteiger partial charge in [-0.25, -0.2) is 0 Å². The third-order valence-corrected chi connectivity index (χ3v) is 10.5. The van der Waals surface area contributed by atoms with Crippen LogP contribution in [-0.2, 0) is 0 Å². The Morgan fingerprint density at radius 2 is 0.780 bits per heavy atom. The van der Waals surface area contributed by atoms with Gasteiger partial charge in [-0.05, 0) is 72.8 Å². The van der Waals surface area contributed by atoms with Crippen LogP contribution in [0.3, 0.4) is 0 Å². The summed E-state index contributed by atoms with van der Waals surface area (Å²) < 4.78 is 13.1. The van der Waals surface area contributed by atoms with Crippen molar-refractivity contribution in [2.45, 2.75) is 0 Å². The molecule has 0 saturated heterocycles. The maximum Gasteiger partial charge on any atom is 0.143 e. The van der Waals surface area contributed by atoms with Crippen LogP contribution in [0.1, 0.15) is 0 Å². The molecule has 0 fully saturated rings. The molecule has 0 spiro atoms. The van der Waals surface area contributed by atoms with E-state index in [1.807, 2.05) is 24.3 Å². The maximum atomic E-state index is 6.82. The highest BCUT2D eigenvalue weighted by Gasteiger charge is 2.22.